The van der Waals surface area contributed by atoms with Gasteiger partial charge in [-0.25, -0.2) is 4.98 Å². The van der Waals surface area contributed by atoms with Crippen LogP contribution in [0.15, 0.2) is 30.6 Å². The first-order valence-electron chi connectivity index (χ1n) is 5.11. The van der Waals surface area contributed by atoms with Gasteiger partial charge in [-0.3, -0.25) is 9.78 Å². The topological polar surface area (TPSA) is 54.9 Å². The minimum atomic E-state index is -0.325. The molecule has 4 nitrogen and oxygen atoms in total. The summed E-state index contributed by atoms with van der Waals surface area (Å²) in [5.74, 6) is -0.325. The molecule has 0 unspecified atom stereocenters. The Morgan fingerprint density at radius 1 is 1.39 bits per heavy atom. The van der Waals surface area contributed by atoms with Crippen molar-refractivity contribution in [2.24, 2.45) is 0 Å². The van der Waals surface area contributed by atoms with Crippen LogP contribution in [0.3, 0.4) is 0 Å². The fourth-order valence-electron chi connectivity index (χ4n) is 1.41. The Balaban J connectivity index is 2.21. The lowest BCUT2D eigenvalue weighted by Gasteiger charge is -2.08. The molecule has 2 rings (SSSR count). The zero-order valence-electron chi connectivity index (χ0n) is 9.45. The summed E-state index contributed by atoms with van der Waals surface area (Å²) in [6.45, 7) is 1.93. The molecule has 0 aliphatic carbocycles. The number of aryl methyl sites for hydroxylation is 1. The first kappa shape index (κ1) is 13.2. The molecule has 0 saturated heterocycles. The van der Waals surface area contributed by atoms with Crippen molar-refractivity contribution in [3.05, 3.63) is 50.6 Å². The van der Waals surface area contributed by atoms with E-state index in [0.717, 1.165) is 14.8 Å². The molecular weight excluding hydrogens is 365 g/mol. The highest BCUT2D eigenvalue weighted by atomic mass is 127. The van der Waals surface area contributed by atoms with Gasteiger partial charge in [0.2, 0.25) is 0 Å². The minimum Gasteiger partial charge on any atom is -0.320 e. The molecule has 1 aromatic carbocycles. The predicted molar refractivity (Wildman–Crippen MR) is 78.9 cm³/mol. The molecule has 1 heterocycles. The number of rotatable bonds is 2. The van der Waals surface area contributed by atoms with Crippen LogP contribution in [-0.4, -0.2) is 15.9 Å². The van der Waals surface area contributed by atoms with Gasteiger partial charge in [-0.15, -0.1) is 0 Å². The van der Waals surface area contributed by atoms with Crippen LogP contribution in [0.1, 0.15) is 16.1 Å². The van der Waals surface area contributed by atoms with Gasteiger partial charge in [0.25, 0.3) is 5.91 Å². The summed E-state index contributed by atoms with van der Waals surface area (Å²) >= 11 is 7.91. The van der Waals surface area contributed by atoms with Crippen LogP contribution < -0.4 is 5.32 Å². The summed E-state index contributed by atoms with van der Waals surface area (Å²) in [6.07, 6.45) is 2.76. The molecular formula is C12H9ClIN3O. The largest absolute Gasteiger partial charge is 0.320 e. The number of hydrogen-bond acceptors (Lipinski definition) is 3. The van der Waals surface area contributed by atoms with Crippen molar-refractivity contribution in [2.75, 3.05) is 5.32 Å². The van der Waals surface area contributed by atoms with Gasteiger partial charge in [0.05, 0.1) is 12.4 Å². The summed E-state index contributed by atoms with van der Waals surface area (Å²) in [5.41, 5.74) is 1.94. The van der Waals surface area contributed by atoms with E-state index in [1.165, 1.54) is 12.4 Å². The van der Waals surface area contributed by atoms with E-state index in [1.807, 2.05) is 25.1 Å². The zero-order chi connectivity index (χ0) is 13.1. The molecule has 6 heteroatoms. The average Bonchev–Trinajstić information content (AvgIpc) is 2.32. The summed E-state index contributed by atoms with van der Waals surface area (Å²) in [6, 6.07) is 5.76. The summed E-state index contributed by atoms with van der Waals surface area (Å²) in [4.78, 5) is 19.7. The van der Waals surface area contributed by atoms with Crippen LogP contribution in [0.25, 0.3) is 0 Å². The van der Waals surface area contributed by atoms with E-state index in [4.69, 9.17) is 11.6 Å². The predicted octanol–water partition coefficient (Wildman–Crippen LogP) is 3.30. The first-order chi connectivity index (χ1) is 8.56. The molecule has 0 bridgehead atoms. The van der Waals surface area contributed by atoms with Gasteiger partial charge >= 0.3 is 0 Å². The van der Waals surface area contributed by atoms with Crippen molar-refractivity contribution >= 4 is 45.8 Å². The lowest BCUT2D eigenvalue weighted by atomic mass is 10.2. The molecule has 0 spiro atoms. The van der Waals surface area contributed by atoms with E-state index < -0.39 is 0 Å². The number of benzene rings is 1. The second-order valence-corrected chi connectivity index (χ2v) is 5.27. The van der Waals surface area contributed by atoms with Crippen molar-refractivity contribution in [3.63, 3.8) is 0 Å². The Morgan fingerprint density at radius 2 is 2.17 bits per heavy atom. The minimum absolute atomic E-state index is 0.195. The second-order valence-electron chi connectivity index (χ2n) is 3.64. The number of anilines is 1. The van der Waals surface area contributed by atoms with E-state index in [1.54, 1.807) is 0 Å². The van der Waals surface area contributed by atoms with Gasteiger partial charge in [-0.05, 0) is 53.3 Å². The van der Waals surface area contributed by atoms with Crippen molar-refractivity contribution in [2.45, 2.75) is 6.92 Å². The van der Waals surface area contributed by atoms with Crippen molar-refractivity contribution in [3.8, 4) is 0 Å². The smallest absolute Gasteiger partial charge is 0.275 e. The third-order valence-electron chi connectivity index (χ3n) is 2.27. The molecule has 0 fully saturated rings. The van der Waals surface area contributed by atoms with Gasteiger partial charge in [0, 0.05) is 9.26 Å². The summed E-state index contributed by atoms with van der Waals surface area (Å²) in [7, 11) is 0. The normalized spacial score (nSPS) is 10.2. The first-order valence-corrected chi connectivity index (χ1v) is 6.57. The number of nitrogens with zero attached hydrogens (tertiary/aromatic N) is 2. The van der Waals surface area contributed by atoms with Gasteiger partial charge in [-0.1, -0.05) is 11.6 Å². The van der Waals surface area contributed by atoms with Crippen LogP contribution in [0.4, 0.5) is 5.69 Å². The Hall–Kier alpha value is -1.21. The quantitative estimate of drug-likeness (QED) is 0.822. The van der Waals surface area contributed by atoms with Crippen molar-refractivity contribution in [1.29, 1.82) is 0 Å². The number of aromatic nitrogens is 2. The van der Waals surface area contributed by atoms with E-state index in [9.17, 15) is 4.79 Å². The van der Waals surface area contributed by atoms with Crippen LogP contribution >= 0.6 is 34.2 Å². The number of carbonyl (C=O) groups excluding carboxylic acids is 1. The lowest BCUT2D eigenvalue weighted by Crippen LogP contribution is -2.14. The molecule has 18 heavy (non-hydrogen) atoms. The average molecular weight is 374 g/mol. The fourth-order valence-corrected chi connectivity index (χ4v) is 2.20. The number of halogens is 2. The van der Waals surface area contributed by atoms with Crippen LogP contribution in [-0.2, 0) is 0 Å². The molecule has 1 aromatic heterocycles. The maximum atomic E-state index is 11.9. The van der Waals surface area contributed by atoms with Crippen molar-refractivity contribution < 1.29 is 4.79 Å². The highest BCUT2D eigenvalue weighted by Gasteiger charge is 2.10. The van der Waals surface area contributed by atoms with Crippen LogP contribution in [0.2, 0.25) is 5.15 Å². The Kier molecular flexibility index (Phi) is 4.13. The lowest BCUT2D eigenvalue weighted by molar-refractivity contribution is 0.102. The highest BCUT2D eigenvalue weighted by Crippen LogP contribution is 2.18. The van der Waals surface area contributed by atoms with E-state index >= 15 is 0 Å². The third-order valence-corrected chi connectivity index (χ3v) is 3.13. The SMILES string of the molecule is Cc1cc(I)ccc1NC(=O)c1cncc(Cl)n1. The van der Waals surface area contributed by atoms with E-state index in [2.05, 4.69) is 37.9 Å². The molecule has 0 aliphatic heterocycles. The van der Waals surface area contributed by atoms with Gasteiger partial charge in [0.1, 0.15) is 10.8 Å². The van der Waals surface area contributed by atoms with Gasteiger partial charge < -0.3 is 5.32 Å². The molecule has 0 atom stereocenters. The Labute approximate surface area is 123 Å². The van der Waals surface area contributed by atoms with Crippen LogP contribution in [0, 0.1) is 10.5 Å². The van der Waals surface area contributed by atoms with Gasteiger partial charge in [0.15, 0.2) is 0 Å². The second kappa shape index (κ2) is 5.62. The van der Waals surface area contributed by atoms with Crippen LogP contribution in [0.5, 0.6) is 0 Å². The standard InChI is InChI=1S/C12H9ClIN3O/c1-7-4-8(14)2-3-9(7)17-12(18)10-5-15-6-11(13)16-10/h2-6H,1H3,(H,17,18). The third kappa shape index (κ3) is 3.17. The number of amides is 1. The number of hydrogen-bond donors (Lipinski definition) is 1. The summed E-state index contributed by atoms with van der Waals surface area (Å²) in [5, 5.41) is 2.97. The molecule has 2 aromatic rings. The Bertz CT molecular complexity index is 604. The molecule has 0 radical (unpaired) electrons. The fraction of sp³-hybridized carbons (Fsp3) is 0.0833. The molecule has 0 saturated carbocycles. The number of nitrogens with one attached hydrogen (secondary N) is 1. The zero-order valence-corrected chi connectivity index (χ0v) is 12.4. The summed E-state index contributed by atoms with van der Waals surface area (Å²) < 4.78 is 1.12. The molecule has 1 N–H and O–H groups in total. The maximum Gasteiger partial charge on any atom is 0.275 e. The van der Waals surface area contributed by atoms with E-state index in [0.29, 0.717) is 0 Å². The van der Waals surface area contributed by atoms with Crippen molar-refractivity contribution in [1.82, 2.24) is 9.97 Å². The number of carbonyl (C=O) groups is 1. The molecule has 92 valence electrons. The molecule has 0 aliphatic rings. The van der Waals surface area contributed by atoms with E-state index in [-0.39, 0.29) is 16.8 Å². The monoisotopic (exact) mass is 373 g/mol. The Morgan fingerprint density at radius 3 is 2.83 bits per heavy atom. The van der Waals surface area contributed by atoms with Gasteiger partial charge in [-0.2, -0.15) is 0 Å². The molecule has 1 amide bonds. The highest BCUT2D eigenvalue weighted by molar-refractivity contribution is 14.1. The maximum absolute atomic E-state index is 11.9.